The summed E-state index contributed by atoms with van der Waals surface area (Å²) in [6.07, 6.45) is 1.94. The Kier molecular flexibility index (Phi) is 5.20. The SMILES string of the molecule is CC(C)(C)OC(=O)N1CCC[C@@]1(C)C(C)(C)C.S. The van der Waals surface area contributed by atoms with Gasteiger partial charge in [-0.3, -0.25) is 0 Å². The van der Waals surface area contributed by atoms with Gasteiger partial charge in [-0.05, 0) is 46.0 Å². The molecule has 1 aliphatic heterocycles. The molecule has 0 saturated carbocycles. The molecule has 108 valence electrons. The van der Waals surface area contributed by atoms with Gasteiger partial charge in [0, 0.05) is 12.1 Å². The smallest absolute Gasteiger partial charge is 0.410 e. The Morgan fingerprint density at radius 1 is 1.17 bits per heavy atom. The van der Waals surface area contributed by atoms with Crippen LogP contribution >= 0.6 is 13.5 Å². The predicted molar refractivity (Wildman–Crippen MR) is 80.4 cm³/mol. The maximum atomic E-state index is 12.2. The zero-order chi connectivity index (χ0) is 13.5. The number of amides is 1. The number of nitrogens with zero attached hydrogens (tertiary/aromatic N) is 1. The number of carbonyl (C=O) groups excluding carboxylic acids is 1. The Morgan fingerprint density at radius 3 is 2.06 bits per heavy atom. The van der Waals surface area contributed by atoms with E-state index in [4.69, 9.17) is 4.74 Å². The second-order valence-electron chi connectivity index (χ2n) is 7.26. The van der Waals surface area contributed by atoms with E-state index in [0.29, 0.717) is 0 Å². The van der Waals surface area contributed by atoms with Gasteiger partial charge in [0.05, 0.1) is 0 Å². The van der Waals surface area contributed by atoms with Crippen LogP contribution < -0.4 is 0 Å². The number of carbonyl (C=O) groups is 1. The first-order valence-electron chi connectivity index (χ1n) is 6.48. The van der Waals surface area contributed by atoms with Gasteiger partial charge < -0.3 is 9.64 Å². The van der Waals surface area contributed by atoms with Crippen LogP contribution in [0.2, 0.25) is 0 Å². The molecule has 0 radical (unpaired) electrons. The van der Waals surface area contributed by atoms with E-state index in [1.807, 2.05) is 25.7 Å². The lowest BCUT2D eigenvalue weighted by molar-refractivity contribution is -0.0132. The first-order valence-corrected chi connectivity index (χ1v) is 6.48. The van der Waals surface area contributed by atoms with E-state index in [-0.39, 0.29) is 30.5 Å². The molecule has 1 saturated heterocycles. The standard InChI is InChI=1S/C14H27NO2.H2S/c1-12(2,3)14(7)9-8-10-15(14)11(16)17-13(4,5)6;/h8-10H2,1-7H3;1H2/t14-;/m0./s1. The van der Waals surface area contributed by atoms with E-state index in [9.17, 15) is 4.79 Å². The first kappa shape index (κ1) is 17.6. The van der Waals surface area contributed by atoms with Crippen LogP contribution in [0.15, 0.2) is 0 Å². The molecule has 0 spiro atoms. The third-order valence-electron chi connectivity index (χ3n) is 3.87. The van der Waals surface area contributed by atoms with Crippen molar-refractivity contribution >= 4 is 19.6 Å². The molecule has 1 amide bonds. The molecule has 4 heteroatoms. The fraction of sp³-hybridized carbons (Fsp3) is 0.929. The monoisotopic (exact) mass is 275 g/mol. The summed E-state index contributed by atoms with van der Waals surface area (Å²) < 4.78 is 5.50. The van der Waals surface area contributed by atoms with Gasteiger partial charge in [0.1, 0.15) is 5.60 Å². The van der Waals surface area contributed by atoms with Crippen molar-refractivity contribution < 1.29 is 9.53 Å². The van der Waals surface area contributed by atoms with Gasteiger partial charge >= 0.3 is 6.09 Å². The summed E-state index contributed by atoms with van der Waals surface area (Å²) in [4.78, 5) is 14.1. The molecule has 1 rings (SSSR count). The Balaban J connectivity index is 0.00000289. The second-order valence-corrected chi connectivity index (χ2v) is 7.26. The third-order valence-corrected chi connectivity index (χ3v) is 3.87. The minimum Gasteiger partial charge on any atom is -0.444 e. The number of hydrogen-bond donors (Lipinski definition) is 0. The normalized spacial score (nSPS) is 24.7. The summed E-state index contributed by atoms with van der Waals surface area (Å²) in [6, 6.07) is 0. The molecule has 0 bridgehead atoms. The van der Waals surface area contributed by atoms with Crippen molar-refractivity contribution in [1.82, 2.24) is 4.90 Å². The summed E-state index contributed by atoms with van der Waals surface area (Å²) in [5, 5.41) is 0. The van der Waals surface area contributed by atoms with E-state index in [1.165, 1.54) is 0 Å². The fourth-order valence-corrected chi connectivity index (χ4v) is 2.35. The van der Waals surface area contributed by atoms with E-state index in [0.717, 1.165) is 19.4 Å². The zero-order valence-corrected chi connectivity index (χ0v) is 13.9. The Morgan fingerprint density at radius 2 is 1.67 bits per heavy atom. The average molecular weight is 275 g/mol. The van der Waals surface area contributed by atoms with Crippen LogP contribution in [-0.2, 0) is 4.74 Å². The molecule has 0 aromatic heterocycles. The number of ether oxygens (including phenoxy) is 1. The molecule has 1 heterocycles. The van der Waals surface area contributed by atoms with Crippen molar-refractivity contribution in [3.8, 4) is 0 Å². The first-order chi connectivity index (χ1) is 7.47. The van der Waals surface area contributed by atoms with E-state index in [2.05, 4.69) is 27.7 Å². The van der Waals surface area contributed by atoms with E-state index < -0.39 is 5.60 Å². The van der Waals surface area contributed by atoms with Crippen LogP contribution in [-0.4, -0.2) is 28.7 Å². The summed E-state index contributed by atoms with van der Waals surface area (Å²) >= 11 is 0. The Labute approximate surface area is 119 Å². The van der Waals surface area contributed by atoms with Crippen molar-refractivity contribution in [3.63, 3.8) is 0 Å². The van der Waals surface area contributed by atoms with Crippen LogP contribution in [0.3, 0.4) is 0 Å². The highest BCUT2D eigenvalue weighted by Crippen LogP contribution is 2.43. The van der Waals surface area contributed by atoms with Gasteiger partial charge in [-0.25, -0.2) is 4.79 Å². The minimum absolute atomic E-state index is 0. The van der Waals surface area contributed by atoms with Crippen LogP contribution in [0.1, 0.15) is 61.3 Å². The van der Waals surface area contributed by atoms with Crippen LogP contribution in [0, 0.1) is 5.41 Å². The molecule has 18 heavy (non-hydrogen) atoms. The average Bonchev–Trinajstić information content (AvgIpc) is 2.43. The molecule has 3 nitrogen and oxygen atoms in total. The number of rotatable bonds is 0. The van der Waals surface area contributed by atoms with E-state index >= 15 is 0 Å². The summed E-state index contributed by atoms with van der Waals surface area (Å²) in [6.45, 7) is 15.3. The third kappa shape index (κ3) is 3.56. The van der Waals surface area contributed by atoms with Crippen molar-refractivity contribution in [2.45, 2.75) is 72.4 Å². The molecular formula is C14H29NO2S. The highest BCUT2D eigenvalue weighted by molar-refractivity contribution is 7.59. The zero-order valence-electron chi connectivity index (χ0n) is 12.9. The summed E-state index contributed by atoms with van der Waals surface area (Å²) in [5.41, 5.74) is -0.450. The minimum atomic E-state index is -0.418. The predicted octanol–water partition coefficient (Wildman–Crippen LogP) is 3.93. The van der Waals surface area contributed by atoms with Gasteiger partial charge in [0.15, 0.2) is 0 Å². The van der Waals surface area contributed by atoms with Crippen LogP contribution in [0.4, 0.5) is 4.79 Å². The lowest BCUT2D eigenvalue weighted by atomic mass is 9.73. The molecule has 0 aromatic rings. The molecule has 1 aliphatic rings. The molecule has 1 fully saturated rings. The summed E-state index contributed by atoms with van der Waals surface area (Å²) in [5.74, 6) is 0. The van der Waals surface area contributed by atoms with Gasteiger partial charge in [-0.1, -0.05) is 20.8 Å². The van der Waals surface area contributed by atoms with Gasteiger partial charge in [-0.15, -0.1) is 0 Å². The fourth-order valence-electron chi connectivity index (χ4n) is 2.35. The van der Waals surface area contributed by atoms with Crippen molar-refractivity contribution in [2.24, 2.45) is 5.41 Å². The van der Waals surface area contributed by atoms with Gasteiger partial charge in [0.2, 0.25) is 0 Å². The summed E-state index contributed by atoms with van der Waals surface area (Å²) in [7, 11) is 0. The lowest BCUT2D eigenvalue weighted by Gasteiger charge is -2.45. The van der Waals surface area contributed by atoms with Crippen molar-refractivity contribution in [1.29, 1.82) is 0 Å². The van der Waals surface area contributed by atoms with Gasteiger partial charge in [0.25, 0.3) is 0 Å². The second kappa shape index (κ2) is 5.32. The van der Waals surface area contributed by atoms with Crippen molar-refractivity contribution in [3.05, 3.63) is 0 Å². The number of likely N-dealkylation sites (tertiary alicyclic amines) is 1. The highest BCUT2D eigenvalue weighted by atomic mass is 32.1. The quantitative estimate of drug-likeness (QED) is 0.670. The van der Waals surface area contributed by atoms with Crippen molar-refractivity contribution in [2.75, 3.05) is 6.54 Å². The maximum Gasteiger partial charge on any atom is 0.410 e. The lowest BCUT2D eigenvalue weighted by Crippen LogP contribution is -2.54. The largest absolute Gasteiger partial charge is 0.444 e. The Hall–Kier alpha value is -0.380. The topological polar surface area (TPSA) is 29.5 Å². The van der Waals surface area contributed by atoms with Gasteiger partial charge in [-0.2, -0.15) is 13.5 Å². The Bertz CT molecular complexity index is 304. The molecular weight excluding hydrogens is 246 g/mol. The molecule has 0 aromatic carbocycles. The highest BCUT2D eigenvalue weighted by Gasteiger charge is 2.48. The van der Waals surface area contributed by atoms with Crippen LogP contribution in [0.25, 0.3) is 0 Å². The molecule has 0 aliphatic carbocycles. The number of hydrogen-bond acceptors (Lipinski definition) is 2. The molecule has 0 unspecified atom stereocenters. The molecule has 1 atom stereocenters. The van der Waals surface area contributed by atoms with E-state index in [1.54, 1.807) is 0 Å². The van der Waals surface area contributed by atoms with Crippen LogP contribution in [0.5, 0.6) is 0 Å². The maximum absolute atomic E-state index is 12.2. The molecule has 0 N–H and O–H groups in total.